The second kappa shape index (κ2) is 5.04. The van der Waals surface area contributed by atoms with Gasteiger partial charge in [0.15, 0.2) is 12.2 Å². The molecule has 1 fully saturated rings. The number of carbonyl (C=O) groups is 3. The summed E-state index contributed by atoms with van der Waals surface area (Å²) in [5, 5.41) is 18.3. The summed E-state index contributed by atoms with van der Waals surface area (Å²) in [6.07, 6.45) is -4.49. The van der Waals surface area contributed by atoms with E-state index < -0.39 is 30.3 Å². The van der Waals surface area contributed by atoms with Gasteiger partial charge in [-0.2, -0.15) is 0 Å². The van der Waals surface area contributed by atoms with Crippen LogP contribution >= 0.6 is 0 Å². The highest BCUT2D eigenvalue weighted by Crippen LogP contribution is 2.16. The first kappa shape index (κ1) is 12.6. The maximum atomic E-state index is 11.0. The van der Waals surface area contributed by atoms with E-state index in [1.807, 2.05) is 0 Å². The second-order valence-electron chi connectivity index (χ2n) is 3.47. The number of Topliss-reactive ketones (excluding diaryl/α,β-unsaturated/α-hetero) is 1. The number of aliphatic hydroxyl groups excluding tert-OH is 2. The molecule has 0 aromatic carbocycles. The number of aliphatic hydroxyl groups is 2. The molecule has 0 radical (unpaired) electrons. The van der Waals surface area contributed by atoms with Crippen molar-refractivity contribution in [1.29, 1.82) is 0 Å². The Kier molecular flexibility index (Phi) is 3.97. The van der Waals surface area contributed by atoms with Gasteiger partial charge in [-0.1, -0.05) is 0 Å². The monoisotopic (exact) mass is 232 g/mol. The number of rotatable bonds is 4. The number of esters is 2. The lowest BCUT2D eigenvalue weighted by Crippen LogP contribution is -2.34. The van der Waals surface area contributed by atoms with Crippen LogP contribution in [0.3, 0.4) is 0 Å². The molecule has 7 nitrogen and oxygen atoms in total. The van der Waals surface area contributed by atoms with Gasteiger partial charge < -0.3 is 19.7 Å². The van der Waals surface area contributed by atoms with Gasteiger partial charge in [-0.15, -0.1) is 0 Å². The van der Waals surface area contributed by atoms with Crippen molar-refractivity contribution in [3.05, 3.63) is 0 Å². The van der Waals surface area contributed by atoms with Gasteiger partial charge in [0.25, 0.3) is 0 Å². The molecular weight excluding hydrogens is 220 g/mol. The molecule has 0 aliphatic carbocycles. The quantitative estimate of drug-likeness (QED) is 0.432. The van der Waals surface area contributed by atoms with E-state index in [9.17, 15) is 19.5 Å². The Hall–Kier alpha value is -1.47. The first-order valence-corrected chi connectivity index (χ1v) is 4.63. The number of carbonyl (C=O) groups excluding carboxylic acids is 3. The smallest absolute Gasteiger partial charge is 0.338 e. The van der Waals surface area contributed by atoms with Crippen LogP contribution in [0.25, 0.3) is 0 Å². The molecule has 1 aliphatic heterocycles. The summed E-state index contributed by atoms with van der Waals surface area (Å²) in [5.41, 5.74) is 0. The van der Waals surface area contributed by atoms with Crippen molar-refractivity contribution in [2.24, 2.45) is 0 Å². The normalized spacial score (nSPS) is 28.7. The predicted molar refractivity (Wildman–Crippen MR) is 48.2 cm³/mol. The maximum absolute atomic E-state index is 11.0. The van der Waals surface area contributed by atoms with E-state index in [1.54, 1.807) is 0 Å². The number of ketones is 1. The van der Waals surface area contributed by atoms with Crippen molar-refractivity contribution in [2.75, 3.05) is 6.61 Å². The highest BCUT2D eigenvalue weighted by Gasteiger charge is 2.43. The Bertz CT molecular complexity index is 311. The summed E-state index contributed by atoms with van der Waals surface area (Å²) in [6, 6.07) is 0. The minimum absolute atomic E-state index is 0.353. The van der Waals surface area contributed by atoms with E-state index in [0.717, 1.165) is 0 Å². The van der Waals surface area contributed by atoms with Gasteiger partial charge in [-0.05, 0) is 6.92 Å². The predicted octanol–water partition coefficient (Wildman–Crippen LogP) is -1.84. The lowest BCUT2D eigenvalue weighted by molar-refractivity contribution is -0.156. The summed E-state index contributed by atoms with van der Waals surface area (Å²) < 4.78 is 9.14. The number of hydrogen-bond donors (Lipinski definition) is 2. The first-order chi connectivity index (χ1) is 7.41. The van der Waals surface area contributed by atoms with Crippen molar-refractivity contribution in [1.82, 2.24) is 0 Å². The molecule has 7 heteroatoms. The van der Waals surface area contributed by atoms with E-state index in [2.05, 4.69) is 9.47 Å². The molecule has 3 atom stereocenters. The van der Waals surface area contributed by atoms with E-state index in [-0.39, 0.29) is 18.8 Å². The number of ether oxygens (including phenoxy) is 2. The molecule has 1 saturated heterocycles. The molecule has 90 valence electrons. The molecule has 16 heavy (non-hydrogen) atoms. The third-order valence-electron chi connectivity index (χ3n) is 2.02. The van der Waals surface area contributed by atoms with E-state index in [0.29, 0.717) is 0 Å². The van der Waals surface area contributed by atoms with E-state index in [1.165, 1.54) is 6.92 Å². The fourth-order valence-corrected chi connectivity index (χ4v) is 1.19. The van der Waals surface area contributed by atoms with Crippen molar-refractivity contribution in [3.8, 4) is 0 Å². The number of cyclic esters (lactones) is 1. The zero-order valence-corrected chi connectivity index (χ0v) is 8.58. The minimum atomic E-state index is -1.61. The fourth-order valence-electron chi connectivity index (χ4n) is 1.19. The lowest BCUT2D eigenvalue weighted by atomic mass is 10.1. The van der Waals surface area contributed by atoms with Gasteiger partial charge in [0.1, 0.15) is 24.9 Å². The molecule has 0 saturated carbocycles. The standard InChI is InChI=1S/C9H12O7/c1-4(10)2-6(11)15-3-5-7(12)8(13)9(14)16-5/h5,7-8,12-13H,2-3H2,1H3. The molecule has 0 spiro atoms. The topological polar surface area (TPSA) is 110 Å². The van der Waals surface area contributed by atoms with Crippen LogP contribution in [0.4, 0.5) is 0 Å². The van der Waals surface area contributed by atoms with Crippen LogP contribution in [-0.2, 0) is 23.9 Å². The molecule has 0 amide bonds. The van der Waals surface area contributed by atoms with E-state index >= 15 is 0 Å². The van der Waals surface area contributed by atoms with E-state index in [4.69, 9.17) is 5.11 Å². The largest absolute Gasteiger partial charge is 0.461 e. The lowest BCUT2D eigenvalue weighted by Gasteiger charge is -2.13. The molecule has 0 bridgehead atoms. The van der Waals surface area contributed by atoms with Crippen molar-refractivity contribution < 1.29 is 34.1 Å². The highest BCUT2D eigenvalue weighted by atomic mass is 16.6. The van der Waals surface area contributed by atoms with Gasteiger partial charge in [-0.25, -0.2) is 4.79 Å². The molecule has 1 heterocycles. The van der Waals surface area contributed by atoms with Crippen LogP contribution < -0.4 is 0 Å². The van der Waals surface area contributed by atoms with Gasteiger partial charge in [0.2, 0.25) is 0 Å². The summed E-state index contributed by atoms with van der Waals surface area (Å²) in [6.45, 7) is 0.853. The first-order valence-electron chi connectivity index (χ1n) is 4.63. The molecule has 0 aromatic rings. The zero-order chi connectivity index (χ0) is 12.3. The van der Waals surface area contributed by atoms with Crippen LogP contribution in [0.1, 0.15) is 13.3 Å². The van der Waals surface area contributed by atoms with Crippen LogP contribution in [0.5, 0.6) is 0 Å². The average molecular weight is 232 g/mol. The van der Waals surface area contributed by atoms with Crippen molar-refractivity contribution >= 4 is 17.7 Å². The molecule has 2 N–H and O–H groups in total. The Labute approximate surface area is 91.0 Å². The SMILES string of the molecule is CC(=O)CC(=O)OCC1OC(=O)C(O)C1O. The van der Waals surface area contributed by atoms with Crippen molar-refractivity contribution in [3.63, 3.8) is 0 Å². The summed E-state index contributed by atoms with van der Waals surface area (Å²) in [7, 11) is 0. The van der Waals surface area contributed by atoms with Gasteiger partial charge in [-0.3, -0.25) is 9.59 Å². The third-order valence-corrected chi connectivity index (χ3v) is 2.02. The van der Waals surface area contributed by atoms with Gasteiger partial charge >= 0.3 is 11.9 Å². The Morgan fingerprint density at radius 1 is 1.44 bits per heavy atom. The molecule has 3 unspecified atom stereocenters. The second-order valence-corrected chi connectivity index (χ2v) is 3.47. The summed E-state index contributed by atoms with van der Waals surface area (Å²) in [4.78, 5) is 32.3. The average Bonchev–Trinajstić information content (AvgIpc) is 2.42. The Morgan fingerprint density at radius 2 is 2.06 bits per heavy atom. The minimum Gasteiger partial charge on any atom is -0.461 e. The van der Waals surface area contributed by atoms with Gasteiger partial charge in [0.05, 0.1) is 0 Å². The van der Waals surface area contributed by atoms with Crippen molar-refractivity contribution in [2.45, 2.75) is 31.7 Å². The highest BCUT2D eigenvalue weighted by molar-refractivity contribution is 5.94. The maximum Gasteiger partial charge on any atom is 0.338 e. The molecule has 1 rings (SSSR count). The number of hydrogen-bond acceptors (Lipinski definition) is 7. The summed E-state index contributed by atoms with van der Waals surface area (Å²) >= 11 is 0. The molecule has 0 aromatic heterocycles. The Morgan fingerprint density at radius 3 is 2.50 bits per heavy atom. The summed E-state index contributed by atoms with van der Waals surface area (Å²) in [5.74, 6) is -2.08. The molecular formula is C9H12O7. The van der Waals surface area contributed by atoms with Crippen LogP contribution in [-0.4, -0.2) is 52.9 Å². The fraction of sp³-hybridized carbons (Fsp3) is 0.667. The van der Waals surface area contributed by atoms with Crippen LogP contribution in [0.15, 0.2) is 0 Å². The molecule has 1 aliphatic rings. The van der Waals surface area contributed by atoms with Crippen LogP contribution in [0, 0.1) is 0 Å². The Balaban J connectivity index is 2.36. The van der Waals surface area contributed by atoms with Gasteiger partial charge in [0, 0.05) is 0 Å². The third kappa shape index (κ3) is 3.01. The zero-order valence-electron chi connectivity index (χ0n) is 8.58. The van der Waals surface area contributed by atoms with Crippen LogP contribution in [0.2, 0.25) is 0 Å².